The molecule has 96 valence electrons. The first-order valence-electron chi connectivity index (χ1n) is 5.96. The SMILES string of the molecule is C#CC(NC(=O)Cc1ccccc1OC)C(C)C. The van der Waals surface area contributed by atoms with Gasteiger partial charge in [-0.25, -0.2) is 0 Å². The first-order chi connectivity index (χ1) is 8.58. The van der Waals surface area contributed by atoms with Crippen molar-refractivity contribution in [1.29, 1.82) is 0 Å². The molecule has 1 unspecified atom stereocenters. The molecule has 1 atom stereocenters. The van der Waals surface area contributed by atoms with Crippen LogP contribution in [-0.4, -0.2) is 19.1 Å². The van der Waals surface area contributed by atoms with Crippen molar-refractivity contribution >= 4 is 5.91 Å². The molecule has 1 rings (SSSR count). The number of methoxy groups -OCH3 is 1. The van der Waals surface area contributed by atoms with Gasteiger partial charge in [-0.15, -0.1) is 6.42 Å². The van der Waals surface area contributed by atoms with E-state index in [0.29, 0.717) is 0 Å². The molecule has 0 aliphatic heterocycles. The van der Waals surface area contributed by atoms with Crippen molar-refractivity contribution in [2.75, 3.05) is 7.11 Å². The van der Waals surface area contributed by atoms with Gasteiger partial charge in [-0.3, -0.25) is 4.79 Å². The van der Waals surface area contributed by atoms with Crippen molar-refractivity contribution in [2.45, 2.75) is 26.3 Å². The molecule has 0 aliphatic carbocycles. The molecule has 1 N–H and O–H groups in total. The molecule has 0 bridgehead atoms. The van der Waals surface area contributed by atoms with Crippen molar-refractivity contribution in [2.24, 2.45) is 5.92 Å². The van der Waals surface area contributed by atoms with Crippen LogP contribution in [0.5, 0.6) is 5.75 Å². The van der Waals surface area contributed by atoms with E-state index in [1.807, 2.05) is 38.1 Å². The van der Waals surface area contributed by atoms with E-state index >= 15 is 0 Å². The molecular formula is C15H19NO2. The number of rotatable bonds is 5. The molecular weight excluding hydrogens is 226 g/mol. The van der Waals surface area contributed by atoms with Crippen LogP contribution >= 0.6 is 0 Å². The van der Waals surface area contributed by atoms with Crippen LogP contribution in [0, 0.1) is 18.3 Å². The summed E-state index contributed by atoms with van der Waals surface area (Å²) < 4.78 is 5.20. The Morgan fingerprint density at radius 1 is 1.44 bits per heavy atom. The molecule has 0 saturated carbocycles. The van der Waals surface area contributed by atoms with Crippen molar-refractivity contribution < 1.29 is 9.53 Å². The zero-order valence-electron chi connectivity index (χ0n) is 11.1. The fourth-order valence-electron chi connectivity index (χ4n) is 1.65. The van der Waals surface area contributed by atoms with Crippen molar-refractivity contribution in [3.8, 4) is 18.1 Å². The number of benzene rings is 1. The Morgan fingerprint density at radius 2 is 2.11 bits per heavy atom. The summed E-state index contributed by atoms with van der Waals surface area (Å²) >= 11 is 0. The predicted octanol–water partition coefficient (Wildman–Crippen LogP) is 2.01. The largest absolute Gasteiger partial charge is 0.496 e. The Bertz CT molecular complexity index is 446. The van der Waals surface area contributed by atoms with Crippen molar-refractivity contribution in [3.05, 3.63) is 29.8 Å². The van der Waals surface area contributed by atoms with Gasteiger partial charge in [0.1, 0.15) is 5.75 Å². The van der Waals surface area contributed by atoms with Crippen LogP contribution < -0.4 is 10.1 Å². The molecule has 3 heteroatoms. The Balaban J connectivity index is 2.68. The fraction of sp³-hybridized carbons (Fsp3) is 0.400. The second-order valence-corrected chi connectivity index (χ2v) is 4.44. The van der Waals surface area contributed by atoms with Crippen LogP contribution in [0.3, 0.4) is 0 Å². The first-order valence-corrected chi connectivity index (χ1v) is 5.96. The van der Waals surface area contributed by atoms with Gasteiger partial charge in [0, 0.05) is 5.56 Å². The molecule has 0 aliphatic rings. The predicted molar refractivity (Wildman–Crippen MR) is 72.3 cm³/mol. The Kier molecular flexibility index (Phi) is 5.26. The maximum absolute atomic E-state index is 11.9. The Hall–Kier alpha value is -1.95. The van der Waals surface area contributed by atoms with Crippen LogP contribution in [-0.2, 0) is 11.2 Å². The summed E-state index contributed by atoms with van der Waals surface area (Å²) in [5, 5.41) is 2.84. The number of hydrogen-bond donors (Lipinski definition) is 1. The highest BCUT2D eigenvalue weighted by atomic mass is 16.5. The molecule has 0 saturated heterocycles. The summed E-state index contributed by atoms with van der Waals surface area (Å²) in [6.07, 6.45) is 5.65. The molecule has 0 fully saturated rings. The van der Waals surface area contributed by atoms with E-state index < -0.39 is 0 Å². The lowest BCUT2D eigenvalue weighted by atomic mass is 10.0. The maximum Gasteiger partial charge on any atom is 0.225 e. The van der Waals surface area contributed by atoms with Gasteiger partial charge in [-0.2, -0.15) is 0 Å². The molecule has 0 radical (unpaired) electrons. The van der Waals surface area contributed by atoms with Gasteiger partial charge in [0.2, 0.25) is 5.91 Å². The van der Waals surface area contributed by atoms with E-state index in [1.165, 1.54) is 0 Å². The number of para-hydroxylation sites is 1. The van der Waals surface area contributed by atoms with Gasteiger partial charge in [0.15, 0.2) is 0 Å². The van der Waals surface area contributed by atoms with E-state index in [4.69, 9.17) is 11.2 Å². The molecule has 1 aromatic carbocycles. The third-order valence-electron chi connectivity index (χ3n) is 2.71. The minimum absolute atomic E-state index is 0.0869. The summed E-state index contributed by atoms with van der Waals surface area (Å²) in [7, 11) is 1.59. The summed E-state index contributed by atoms with van der Waals surface area (Å²) in [5.74, 6) is 3.43. The molecule has 0 spiro atoms. The summed E-state index contributed by atoms with van der Waals surface area (Å²) in [5.41, 5.74) is 0.858. The highest BCUT2D eigenvalue weighted by Gasteiger charge is 2.14. The highest BCUT2D eigenvalue weighted by Crippen LogP contribution is 2.17. The molecule has 3 nitrogen and oxygen atoms in total. The molecule has 1 amide bonds. The third-order valence-corrected chi connectivity index (χ3v) is 2.71. The zero-order chi connectivity index (χ0) is 13.5. The minimum atomic E-state index is -0.229. The summed E-state index contributed by atoms with van der Waals surface area (Å²) in [4.78, 5) is 11.9. The highest BCUT2D eigenvalue weighted by molar-refractivity contribution is 5.80. The topological polar surface area (TPSA) is 38.3 Å². The van der Waals surface area contributed by atoms with Crippen LogP contribution in [0.1, 0.15) is 19.4 Å². The van der Waals surface area contributed by atoms with E-state index in [1.54, 1.807) is 7.11 Å². The third kappa shape index (κ3) is 3.81. The van der Waals surface area contributed by atoms with E-state index in [-0.39, 0.29) is 24.3 Å². The zero-order valence-corrected chi connectivity index (χ0v) is 11.1. The molecule has 18 heavy (non-hydrogen) atoms. The first kappa shape index (κ1) is 14.1. The molecule has 1 aromatic rings. The van der Waals surface area contributed by atoms with Crippen LogP contribution in [0.2, 0.25) is 0 Å². The minimum Gasteiger partial charge on any atom is -0.496 e. The molecule has 0 aromatic heterocycles. The second-order valence-electron chi connectivity index (χ2n) is 4.44. The van der Waals surface area contributed by atoms with Gasteiger partial charge in [0.05, 0.1) is 19.6 Å². The average molecular weight is 245 g/mol. The lowest BCUT2D eigenvalue weighted by molar-refractivity contribution is -0.121. The quantitative estimate of drug-likeness (QED) is 0.806. The second kappa shape index (κ2) is 6.70. The fourth-order valence-corrected chi connectivity index (χ4v) is 1.65. The van der Waals surface area contributed by atoms with Crippen LogP contribution in [0.25, 0.3) is 0 Å². The van der Waals surface area contributed by atoms with Gasteiger partial charge in [-0.1, -0.05) is 38.0 Å². The molecule has 0 heterocycles. The van der Waals surface area contributed by atoms with Gasteiger partial charge >= 0.3 is 0 Å². The van der Waals surface area contributed by atoms with Crippen LogP contribution in [0.15, 0.2) is 24.3 Å². The summed E-state index contributed by atoms with van der Waals surface area (Å²) in [6, 6.07) is 7.24. The number of carbonyl (C=O) groups is 1. The number of hydrogen-bond acceptors (Lipinski definition) is 2. The standard InChI is InChI=1S/C15H19NO2/c1-5-13(11(2)3)16-15(17)10-12-8-6-7-9-14(12)18-4/h1,6-9,11,13H,10H2,2-4H3,(H,16,17). The average Bonchev–Trinajstić information content (AvgIpc) is 2.36. The van der Waals surface area contributed by atoms with Gasteiger partial charge in [-0.05, 0) is 12.0 Å². The lowest BCUT2D eigenvalue weighted by Crippen LogP contribution is -2.38. The number of amides is 1. The van der Waals surface area contributed by atoms with E-state index in [2.05, 4.69) is 11.2 Å². The number of carbonyl (C=O) groups excluding carboxylic acids is 1. The number of terminal acetylenes is 1. The Morgan fingerprint density at radius 3 is 2.67 bits per heavy atom. The smallest absolute Gasteiger partial charge is 0.225 e. The van der Waals surface area contributed by atoms with Gasteiger partial charge < -0.3 is 10.1 Å². The van der Waals surface area contributed by atoms with Crippen molar-refractivity contribution in [1.82, 2.24) is 5.32 Å². The number of nitrogens with one attached hydrogen (secondary N) is 1. The van der Waals surface area contributed by atoms with E-state index in [9.17, 15) is 4.79 Å². The Labute approximate surface area is 109 Å². The lowest BCUT2D eigenvalue weighted by Gasteiger charge is -2.17. The number of ether oxygens (including phenoxy) is 1. The maximum atomic E-state index is 11.9. The van der Waals surface area contributed by atoms with E-state index in [0.717, 1.165) is 11.3 Å². The van der Waals surface area contributed by atoms with Gasteiger partial charge in [0.25, 0.3) is 0 Å². The normalized spacial score (nSPS) is 11.7. The summed E-state index contributed by atoms with van der Waals surface area (Å²) in [6.45, 7) is 3.96. The van der Waals surface area contributed by atoms with Crippen LogP contribution in [0.4, 0.5) is 0 Å². The van der Waals surface area contributed by atoms with Crippen molar-refractivity contribution in [3.63, 3.8) is 0 Å². The monoisotopic (exact) mass is 245 g/mol.